The summed E-state index contributed by atoms with van der Waals surface area (Å²) in [7, 11) is 0. The highest BCUT2D eigenvalue weighted by Gasteiger charge is 2.13. The third-order valence-corrected chi connectivity index (χ3v) is 2.59. The molecule has 0 saturated heterocycles. The summed E-state index contributed by atoms with van der Waals surface area (Å²) < 4.78 is 1.84. The molecular formula is C11H16N6. The Morgan fingerprint density at radius 1 is 1.29 bits per heavy atom. The summed E-state index contributed by atoms with van der Waals surface area (Å²) in [5.41, 5.74) is 8.42. The van der Waals surface area contributed by atoms with Crippen LogP contribution in [0.25, 0.3) is 11.4 Å². The average Bonchev–Trinajstić information content (AvgIpc) is 2.72. The number of aryl methyl sites for hydroxylation is 2. The monoisotopic (exact) mass is 232 g/mol. The standard InChI is InChI=1S/C11H16N6/c1-4-5-17-9(6-13-16-17)10-7(2)11(12)15-8(3)14-10/h6H,4-5H2,1-3H3,(H2,12,14,15). The van der Waals surface area contributed by atoms with Gasteiger partial charge in [0.25, 0.3) is 0 Å². The maximum atomic E-state index is 5.85. The van der Waals surface area contributed by atoms with Gasteiger partial charge in [0.2, 0.25) is 0 Å². The number of rotatable bonds is 3. The van der Waals surface area contributed by atoms with Gasteiger partial charge in [-0.2, -0.15) is 0 Å². The van der Waals surface area contributed by atoms with Crippen LogP contribution in [0.15, 0.2) is 6.20 Å². The molecular weight excluding hydrogens is 216 g/mol. The maximum Gasteiger partial charge on any atom is 0.130 e. The topological polar surface area (TPSA) is 82.5 Å². The van der Waals surface area contributed by atoms with Crippen molar-refractivity contribution < 1.29 is 0 Å². The minimum Gasteiger partial charge on any atom is -0.383 e. The first-order chi connectivity index (χ1) is 8.13. The van der Waals surface area contributed by atoms with Crippen molar-refractivity contribution in [1.29, 1.82) is 0 Å². The highest BCUT2D eigenvalue weighted by atomic mass is 15.4. The number of nitrogens with zero attached hydrogens (tertiary/aromatic N) is 5. The Bertz CT molecular complexity index is 531. The van der Waals surface area contributed by atoms with Gasteiger partial charge in [0, 0.05) is 12.1 Å². The van der Waals surface area contributed by atoms with Crippen molar-refractivity contribution in [2.24, 2.45) is 0 Å². The molecule has 0 bridgehead atoms. The highest BCUT2D eigenvalue weighted by molar-refractivity contribution is 5.63. The first-order valence-corrected chi connectivity index (χ1v) is 5.63. The third-order valence-electron chi connectivity index (χ3n) is 2.59. The molecule has 0 unspecified atom stereocenters. The van der Waals surface area contributed by atoms with Gasteiger partial charge >= 0.3 is 0 Å². The van der Waals surface area contributed by atoms with E-state index >= 15 is 0 Å². The number of anilines is 1. The van der Waals surface area contributed by atoms with Gasteiger partial charge in [-0.05, 0) is 20.3 Å². The van der Waals surface area contributed by atoms with Gasteiger partial charge in [-0.25, -0.2) is 14.6 Å². The van der Waals surface area contributed by atoms with Crippen molar-refractivity contribution in [1.82, 2.24) is 25.0 Å². The van der Waals surface area contributed by atoms with Crippen LogP contribution in [-0.4, -0.2) is 25.0 Å². The van der Waals surface area contributed by atoms with E-state index < -0.39 is 0 Å². The molecule has 2 N–H and O–H groups in total. The zero-order chi connectivity index (χ0) is 12.4. The van der Waals surface area contributed by atoms with E-state index in [9.17, 15) is 0 Å². The smallest absolute Gasteiger partial charge is 0.130 e. The fourth-order valence-corrected chi connectivity index (χ4v) is 1.72. The lowest BCUT2D eigenvalue weighted by Crippen LogP contribution is -2.07. The second kappa shape index (κ2) is 4.48. The van der Waals surface area contributed by atoms with E-state index in [0.717, 1.165) is 29.9 Å². The predicted molar refractivity (Wildman–Crippen MR) is 65.2 cm³/mol. The van der Waals surface area contributed by atoms with E-state index in [1.165, 1.54) is 0 Å². The Labute approximate surface area is 99.9 Å². The number of hydrogen-bond donors (Lipinski definition) is 1. The SMILES string of the molecule is CCCn1nncc1-c1nc(C)nc(N)c1C. The first-order valence-electron chi connectivity index (χ1n) is 5.63. The normalized spacial score (nSPS) is 10.8. The Balaban J connectivity index is 2.56. The third kappa shape index (κ3) is 2.11. The van der Waals surface area contributed by atoms with Crippen LogP contribution in [0.2, 0.25) is 0 Å². The molecule has 90 valence electrons. The first kappa shape index (κ1) is 11.5. The maximum absolute atomic E-state index is 5.85. The molecule has 0 saturated carbocycles. The van der Waals surface area contributed by atoms with Crippen LogP contribution in [0, 0.1) is 13.8 Å². The molecule has 0 atom stereocenters. The number of nitrogens with two attached hydrogens (primary N) is 1. The average molecular weight is 232 g/mol. The lowest BCUT2D eigenvalue weighted by atomic mass is 10.2. The van der Waals surface area contributed by atoms with Crippen LogP contribution in [0.3, 0.4) is 0 Å². The minimum absolute atomic E-state index is 0.511. The molecule has 0 aromatic carbocycles. The number of hydrogen-bond acceptors (Lipinski definition) is 5. The molecule has 2 rings (SSSR count). The fourth-order valence-electron chi connectivity index (χ4n) is 1.72. The van der Waals surface area contributed by atoms with E-state index in [1.807, 2.05) is 18.5 Å². The summed E-state index contributed by atoms with van der Waals surface area (Å²) in [6.07, 6.45) is 2.71. The van der Waals surface area contributed by atoms with Gasteiger partial charge in [-0.15, -0.1) is 5.10 Å². The molecule has 2 aromatic heterocycles. The Kier molecular flexibility index (Phi) is 3.03. The van der Waals surface area contributed by atoms with Crippen molar-refractivity contribution >= 4 is 5.82 Å². The van der Waals surface area contributed by atoms with Crippen molar-refractivity contribution in [2.75, 3.05) is 5.73 Å². The number of nitrogen functional groups attached to an aromatic ring is 1. The Morgan fingerprint density at radius 2 is 2.06 bits per heavy atom. The number of aromatic nitrogens is 5. The largest absolute Gasteiger partial charge is 0.383 e. The van der Waals surface area contributed by atoms with E-state index in [2.05, 4.69) is 27.2 Å². The molecule has 0 amide bonds. The molecule has 0 aliphatic heterocycles. The van der Waals surface area contributed by atoms with Crippen molar-refractivity contribution in [3.05, 3.63) is 17.6 Å². The lowest BCUT2D eigenvalue weighted by Gasteiger charge is -2.09. The molecule has 17 heavy (non-hydrogen) atoms. The fraction of sp³-hybridized carbons (Fsp3) is 0.455. The summed E-state index contributed by atoms with van der Waals surface area (Å²) in [6, 6.07) is 0. The van der Waals surface area contributed by atoms with Crippen molar-refractivity contribution in [3.63, 3.8) is 0 Å². The Morgan fingerprint density at radius 3 is 2.76 bits per heavy atom. The van der Waals surface area contributed by atoms with Crippen LogP contribution >= 0.6 is 0 Å². The summed E-state index contributed by atoms with van der Waals surface area (Å²) in [6.45, 7) is 6.65. The summed E-state index contributed by atoms with van der Waals surface area (Å²) in [4.78, 5) is 8.56. The molecule has 6 heteroatoms. The molecule has 0 fully saturated rings. The minimum atomic E-state index is 0.511. The highest BCUT2D eigenvalue weighted by Crippen LogP contribution is 2.23. The van der Waals surface area contributed by atoms with Gasteiger partial charge in [-0.3, -0.25) is 0 Å². The van der Waals surface area contributed by atoms with Crippen LogP contribution in [0.5, 0.6) is 0 Å². The van der Waals surface area contributed by atoms with E-state index in [4.69, 9.17) is 5.73 Å². The summed E-state index contributed by atoms with van der Waals surface area (Å²) >= 11 is 0. The molecule has 2 aromatic rings. The van der Waals surface area contributed by atoms with Gasteiger partial charge in [0.05, 0.1) is 11.9 Å². The van der Waals surface area contributed by atoms with Crippen LogP contribution in [0.4, 0.5) is 5.82 Å². The summed E-state index contributed by atoms with van der Waals surface area (Å²) in [5, 5.41) is 7.98. The van der Waals surface area contributed by atoms with Crippen LogP contribution in [0.1, 0.15) is 24.7 Å². The van der Waals surface area contributed by atoms with Gasteiger partial charge in [-0.1, -0.05) is 12.1 Å². The molecule has 0 aliphatic rings. The van der Waals surface area contributed by atoms with Crippen LogP contribution in [-0.2, 0) is 6.54 Å². The van der Waals surface area contributed by atoms with E-state index in [0.29, 0.717) is 11.6 Å². The van der Waals surface area contributed by atoms with E-state index in [-0.39, 0.29) is 0 Å². The molecule has 0 spiro atoms. The molecule has 0 aliphatic carbocycles. The second-order valence-corrected chi connectivity index (χ2v) is 3.97. The van der Waals surface area contributed by atoms with Gasteiger partial charge < -0.3 is 5.73 Å². The van der Waals surface area contributed by atoms with Crippen LogP contribution < -0.4 is 5.73 Å². The summed E-state index contributed by atoms with van der Waals surface area (Å²) in [5.74, 6) is 1.17. The molecule has 6 nitrogen and oxygen atoms in total. The van der Waals surface area contributed by atoms with Crippen molar-refractivity contribution in [3.8, 4) is 11.4 Å². The predicted octanol–water partition coefficient (Wildman–Crippen LogP) is 1.34. The lowest BCUT2D eigenvalue weighted by molar-refractivity contribution is 0.583. The van der Waals surface area contributed by atoms with Gasteiger partial charge in [0.1, 0.15) is 17.3 Å². The Hall–Kier alpha value is -1.98. The van der Waals surface area contributed by atoms with E-state index in [1.54, 1.807) is 6.20 Å². The second-order valence-electron chi connectivity index (χ2n) is 3.97. The van der Waals surface area contributed by atoms with Crippen molar-refractivity contribution in [2.45, 2.75) is 33.7 Å². The van der Waals surface area contributed by atoms with Gasteiger partial charge in [0.15, 0.2) is 0 Å². The zero-order valence-electron chi connectivity index (χ0n) is 10.3. The molecule has 2 heterocycles. The quantitative estimate of drug-likeness (QED) is 0.863. The molecule has 0 radical (unpaired) electrons. The zero-order valence-corrected chi connectivity index (χ0v) is 10.3.